The fourth-order valence-electron chi connectivity index (χ4n) is 1.69. The van der Waals surface area contributed by atoms with Crippen molar-refractivity contribution in [3.63, 3.8) is 0 Å². The molecule has 4 nitrogen and oxygen atoms in total. The van der Waals surface area contributed by atoms with Crippen LogP contribution in [0.15, 0.2) is 36.5 Å². The van der Waals surface area contributed by atoms with Gasteiger partial charge in [-0.1, -0.05) is 6.07 Å². The maximum absolute atomic E-state index is 8.72. The van der Waals surface area contributed by atoms with Crippen molar-refractivity contribution in [2.75, 3.05) is 11.9 Å². The van der Waals surface area contributed by atoms with Gasteiger partial charge in [-0.05, 0) is 31.2 Å². The highest BCUT2D eigenvalue weighted by molar-refractivity contribution is 5.41. The van der Waals surface area contributed by atoms with Crippen molar-refractivity contribution in [3.05, 3.63) is 53.5 Å². The third-order valence-electron chi connectivity index (χ3n) is 2.61. The third kappa shape index (κ3) is 2.83. The second kappa shape index (κ2) is 5.28. The Labute approximate surface area is 107 Å². The Hall–Kier alpha value is -2.41. The van der Waals surface area contributed by atoms with E-state index in [0.717, 1.165) is 17.2 Å². The molecule has 0 spiro atoms. The van der Waals surface area contributed by atoms with E-state index in [2.05, 4.69) is 16.0 Å². The van der Waals surface area contributed by atoms with Crippen LogP contribution in [0.2, 0.25) is 0 Å². The average Bonchev–Trinajstić information content (AvgIpc) is 2.39. The van der Waals surface area contributed by atoms with Crippen molar-refractivity contribution in [2.24, 2.45) is 0 Å². The van der Waals surface area contributed by atoms with Crippen LogP contribution in [0.5, 0.6) is 0 Å². The molecule has 2 aromatic heterocycles. The topological polar surface area (TPSA) is 52.8 Å². The maximum atomic E-state index is 8.72. The number of nitriles is 1. The van der Waals surface area contributed by atoms with Gasteiger partial charge in [-0.15, -0.1) is 0 Å². The van der Waals surface area contributed by atoms with Crippen LogP contribution in [0.3, 0.4) is 0 Å². The number of rotatable bonds is 3. The highest BCUT2D eigenvalue weighted by atomic mass is 15.2. The van der Waals surface area contributed by atoms with Gasteiger partial charge in [0.15, 0.2) is 0 Å². The van der Waals surface area contributed by atoms with Crippen LogP contribution in [0.25, 0.3) is 0 Å². The summed E-state index contributed by atoms with van der Waals surface area (Å²) in [4.78, 5) is 10.7. The Balaban J connectivity index is 2.12. The van der Waals surface area contributed by atoms with Crippen molar-refractivity contribution in [3.8, 4) is 6.07 Å². The summed E-state index contributed by atoms with van der Waals surface area (Å²) < 4.78 is 0. The van der Waals surface area contributed by atoms with Gasteiger partial charge in [-0.25, -0.2) is 4.98 Å². The van der Waals surface area contributed by atoms with E-state index < -0.39 is 0 Å². The van der Waals surface area contributed by atoms with Gasteiger partial charge in [-0.3, -0.25) is 4.98 Å². The van der Waals surface area contributed by atoms with Crippen LogP contribution in [0, 0.1) is 18.3 Å². The number of nitrogens with zero attached hydrogens (tertiary/aromatic N) is 4. The fraction of sp³-hybridized carbons (Fsp3) is 0.214. The molecule has 0 saturated heterocycles. The summed E-state index contributed by atoms with van der Waals surface area (Å²) in [5.41, 5.74) is 2.58. The predicted molar refractivity (Wildman–Crippen MR) is 70.0 cm³/mol. The second-order valence-electron chi connectivity index (χ2n) is 4.14. The first-order chi connectivity index (χ1) is 8.69. The summed E-state index contributed by atoms with van der Waals surface area (Å²) in [6.07, 6.45) is 1.58. The highest BCUT2D eigenvalue weighted by Crippen LogP contribution is 2.12. The Morgan fingerprint density at radius 3 is 2.72 bits per heavy atom. The fourth-order valence-corrected chi connectivity index (χ4v) is 1.69. The summed E-state index contributed by atoms with van der Waals surface area (Å²) >= 11 is 0. The molecule has 0 amide bonds. The summed E-state index contributed by atoms with van der Waals surface area (Å²) in [6.45, 7) is 2.67. The molecule has 2 aromatic rings. The Bertz CT molecular complexity index is 569. The molecule has 0 unspecified atom stereocenters. The quantitative estimate of drug-likeness (QED) is 0.823. The predicted octanol–water partition coefficient (Wildman–Crippen LogP) is 2.29. The van der Waals surface area contributed by atoms with Gasteiger partial charge in [0.1, 0.15) is 11.9 Å². The lowest BCUT2D eigenvalue weighted by molar-refractivity contribution is 0.859. The molecule has 0 aromatic carbocycles. The number of anilines is 1. The second-order valence-corrected chi connectivity index (χ2v) is 4.14. The lowest BCUT2D eigenvalue weighted by Gasteiger charge is -2.17. The molecule has 0 N–H and O–H groups in total. The first-order valence-electron chi connectivity index (χ1n) is 5.69. The van der Waals surface area contributed by atoms with E-state index in [1.54, 1.807) is 12.3 Å². The van der Waals surface area contributed by atoms with E-state index in [4.69, 9.17) is 5.26 Å². The largest absolute Gasteiger partial charge is 0.354 e. The lowest BCUT2D eigenvalue weighted by atomic mass is 10.3. The van der Waals surface area contributed by atoms with Crippen LogP contribution >= 0.6 is 0 Å². The molecular weight excluding hydrogens is 224 g/mol. The standard InChI is InChI=1S/C14H14N4/c1-11-4-3-5-13(17-11)10-18(2)14-7-6-12(8-15)9-16-14/h3-7,9H,10H2,1-2H3. The highest BCUT2D eigenvalue weighted by Gasteiger charge is 2.04. The molecule has 0 aliphatic rings. The minimum absolute atomic E-state index is 0.570. The lowest BCUT2D eigenvalue weighted by Crippen LogP contribution is -2.18. The summed E-state index contributed by atoms with van der Waals surface area (Å²) in [6, 6.07) is 11.6. The summed E-state index contributed by atoms with van der Waals surface area (Å²) in [7, 11) is 1.96. The molecule has 2 heterocycles. The molecule has 0 atom stereocenters. The monoisotopic (exact) mass is 238 g/mol. The maximum Gasteiger partial charge on any atom is 0.128 e. The molecular formula is C14H14N4. The number of aromatic nitrogens is 2. The van der Waals surface area contributed by atoms with Gasteiger partial charge < -0.3 is 4.90 Å². The van der Waals surface area contributed by atoms with Crippen molar-refractivity contribution in [1.29, 1.82) is 5.26 Å². The Morgan fingerprint density at radius 1 is 1.28 bits per heavy atom. The zero-order chi connectivity index (χ0) is 13.0. The molecule has 90 valence electrons. The van der Waals surface area contributed by atoms with E-state index in [-0.39, 0.29) is 0 Å². The van der Waals surface area contributed by atoms with Gasteiger partial charge in [0.2, 0.25) is 0 Å². The molecule has 0 saturated carbocycles. The number of hydrogen-bond acceptors (Lipinski definition) is 4. The van der Waals surface area contributed by atoms with Crippen LogP contribution < -0.4 is 4.90 Å². The third-order valence-corrected chi connectivity index (χ3v) is 2.61. The van der Waals surface area contributed by atoms with E-state index in [1.807, 2.05) is 43.1 Å². The zero-order valence-electron chi connectivity index (χ0n) is 10.5. The van der Waals surface area contributed by atoms with Crippen LogP contribution in [-0.2, 0) is 6.54 Å². The van der Waals surface area contributed by atoms with Crippen molar-refractivity contribution < 1.29 is 0 Å². The number of hydrogen-bond donors (Lipinski definition) is 0. The van der Waals surface area contributed by atoms with E-state index in [9.17, 15) is 0 Å². The minimum Gasteiger partial charge on any atom is -0.354 e. The molecule has 0 aliphatic heterocycles. The van der Waals surface area contributed by atoms with Gasteiger partial charge in [-0.2, -0.15) is 5.26 Å². The molecule has 0 bridgehead atoms. The number of pyridine rings is 2. The Morgan fingerprint density at radius 2 is 2.11 bits per heavy atom. The van der Waals surface area contributed by atoms with Crippen LogP contribution in [0.1, 0.15) is 17.0 Å². The van der Waals surface area contributed by atoms with Gasteiger partial charge in [0.25, 0.3) is 0 Å². The summed E-state index contributed by atoms with van der Waals surface area (Å²) in [5.74, 6) is 0.831. The van der Waals surface area contributed by atoms with E-state index in [0.29, 0.717) is 12.1 Å². The minimum atomic E-state index is 0.570. The van der Waals surface area contributed by atoms with Crippen molar-refractivity contribution in [1.82, 2.24) is 9.97 Å². The van der Waals surface area contributed by atoms with E-state index >= 15 is 0 Å². The normalized spacial score (nSPS) is 9.83. The first kappa shape index (κ1) is 12.1. The zero-order valence-corrected chi connectivity index (χ0v) is 10.5. The molecule has 18 heavy (non-hydrogen) atoms. The SMILES string of the molecule is Cc1cccc(CN(C)c2ccc(C#N)cn2)n1. The number of aryl methyl sites for hydroxylation is 1. The van der Waals surface area contributed by atoms with Gasteiger partial charge in [0.05, 0.1) is 17.8 Å². The van der Waals surface area contributed by atoms with Gasteiger partial charge >= 0.3 is 0 Å². The van der Waals surface area contributed by atoms with E-state index in [1.165, 1.54) is 0 Å². The molecule has 0 fully saturated rings. The Kier molecular flexibility index (Phi) is 3.54. The molecule has 2 rings (SSSR count). The van der Waals surface area contributed by atoms with Crippen LogP contribution in [0.4, 0.5) is 5.82 Å². The average molecular weight is 238 g/mol. The molecule has 0 aliphatic carbocycles. The smallest absolute Gasteiger partial charge is 0.128 e. The molecule has 0 radical (unpaired) electrons. The van der Waals surface area contributed by atoms with Crippen LogP contribution in [-0.4, -0.2) is 17.0 Å². The van der Waals surface area contributed by atoms with Crippen molar-refractivity contribution in [2.45, 2.75) is 13.5 Å². The van der Waals surface area contributed by atoms with Crippen molar-refractivity contribution >= 4 is 5.82 Å². The molecule has 4 heteroatoms. The first-order valence-corrected chi connectivity index (χ1v) is 5.69. The van der Waals surface area contributed by atoms with Gasteiger partial charge in [0, 0.05) is 18.9 Å². The summed E-state index contributed by atoms with van der Waals surface area (Å²) in [5, 5.41) is 8.72.